The fourth-order valence-electron chi connectivity index (χ4n) is 3.78. The van der Waals surface area contributed by atoms with Gasteiger partial charge in [0.2, 0.25) is 0 Å². The van der Waals surface area contributed by atoms with E-state index in [1.165, 1.54) is 32.1 Å². The first kappa shape index (κ1) is 15.3. The van der Waals surface area contributed by atoms with Crippen molar-refractivity contribution >= 4 is 0 Å². The van der Waals surface area contributed by atoms with E-state index in [0.29, 0.717) is 17.5 Å². The number of rotatable bonds is 0. The summed E-state index contributed by atoms with van der Waals surface area (Å²) in [5.41, 5.74) is 6.81. The van der Waals surface area contributed by atoms with Crippen molar-refractivity contribution in [1.82, 2.24) is 10.6 Å². The molecule has 0 saturated carbocycles. The van der Waals surface area contributed by atoms with Gasteiger partial charge < -0.3 is 16.4 Å². The van der Waals surface area contributed by atoms with Crippen molar-refractivity contribution in [1.29, 1.82) is 0 Å². The van der Waals surface area contributed by atoms with Crippen LogP contribution in [0, 0.1) is 17.3 Å². The second-order valence-electron chi connectivity index (χ2n) is 7.60. The highest BCUT2D eigenvalue weighted by Crippen LogP contribution is 2.35. The molecule has 2 fully saturated rings. The van der Waals surface area contributed by atoms with Crippen molar-refractivity contribution in [3.05, 3.63) is 0 Å². The molecule has 0 aromatic heterocycles. The Hall–Kier alpha value is -0.120. The third kappa shape index (κ3) is 4.17. The number of nitrogens with two attached hydrogens (primary N) is 1. The molecule has 112 valence electrons. The van der Waals surface area contributed by atoms with E-state index < -0.39 is 0 Å². The molecule has 2 unspecified atom stereocenters. The lowest BCUT2D eigenvalue weighted by molar-refractivity contribution is 0.126. The molecule has 0 radical (unpaired) electrons. The molecule has 2 aliphatic heterocycles. The van der Waals surface area contributed by atoms with Crippen LogP contribution in [0.15, 0.2) is 0 Å². The molecule has 0 aromatic rings. The van der Waals surface area contributed by atoms with Crippen LogP contribution in [0.4, 0.5) is 0 Å². The fourth-order valence-corrected chi connectivity index (χ4v) is 3.78. The zero-order valence-electron chi connectivity index (χ0n) is 13.0. The van der Waals surface area contributed by atoms with Gasteiger partial charge in [0.05, 0.1) is 0 Å². The van der Waals surface area contributed by atoms with E-state index in [4.69, 9.17) is 5.73 Å². The van der Waals surface area contributed by atoms with Crippen LogP contribution in [0.1, 0.15) is 52.9 Å². The summed E-state index contributed by atoms with van der Waals surface area (Å²) in [4.78, 5) is 0. The zero-order valence-corrected chi connectivity index (χ0v) is 13.0. The van der Waals surface area contributed by atoms with Gasteiger partial charge in [-0.3, -0.25) is 0 Å². The molecule has 19 heavy (non-hydrogen) atoms. The first-order valence-corrected chi connectivity index (χ1v) is 8.19. The Labute approximate surface area is 119 Å². The van der Waals surface area contributed by atoms with E-state index in [1.807, 2.05) is 0 Å². The normalized spacial score (nSPS) is 41.1. The molecule has 2 saturated heterocycles. The zero-order chi connectivity index (χ0) is 13.9. The fraction of sp³-hybridized carbons (Fsp3) is 1.00. The number of hydrogen-bond acceptors (Lipinski definition) is 3. The minimum atomic E-state index is 0.346. The molecule has 0 aliphatic carbocycles. The minimum absolute atomic E-state index is 0.346. The second kappa shape index (κ2) is 6.55. The third-order valence-corrected chi connectivity index (χ3v) is 5.37. The van der Waals surface area contributed by atoms with Crippen molar-refractivity contribution in [2.45, 2.75) is 65.0 Å². The molecule has 4 N–H and O–H groups in total. The summed E-state index contributed by atoms with van der Waals surface area (Å²) in [5, 5.41) is 7.36. The number of nitrogens with one attached hydrogen (secondary N) is 2. The van der Waals surface area contributed by atoms with Crippen molar-refractivity contribution in [3.8, 4) is 0 Å². The van der Waals surface area contributed by atoms with Crippen molar-refractivity contribution in [3.63, 3.8) is 0 Å². The quantitative estimate of drug-likeness (QED) is 0.630. The Morgan fingerprint density at radius 1 is 1.16 bits per heavy atom. The van der Waals surface area contributed by atoms with Crippen LogP contribution >= 0.6 is 0 Å². The van der Waals surface area contributed by atoms with E-state index in [2.05, 4.69) is 31.4 Å². The second-order valence-corrected chi connectivity index (χ2v) is 7.60. The van der Waals surface area contributed by atoms with Crippen LogP contribution in [0.3, 0.4) is 0 Å². The summed E-state index contributed by atoms with van der Waals surface area (Å²) < 4.78 is 0. The van der Waals surface area contributed by atoms with Gasteiger partial charge in [-0.2, -0.15) is 0 Å². The van der Waals surface area contributed by atoms with E-state index in [9.17, 15) is 0 Å². The number of piperidine rings is 1. The van der Waals surface area contributed by atoms with Crippen LogP contribution in [-0.2, 0) is 0 Å². The van der Waals surface area contributed by atoms with E-state index in [0.717, 1.165) is 31.5 Å². The molecular weight excluding hydrogens is 234 g/mol. The smallest absolute Gasteiger partial charge is 0.0221 e. The molecule has 0 spiro atoms. The molecule has 2 bridgehead atoms. The van der Waals surface area contributed by atoms with Crippen LogP contribution in [-0.4, -0.2) is 31.7 Å². The Morgan fingerprint density at radius 2 is 1.95 bits per heavy atom. The van der Waals surface area contributed by atoms with Crippen LogP contribution in [0.25, 0.3) is 0 Å². The lowest BCUT2D eigenvalue weighted by atomic mass is 9.71. The van der Waals surface area contributed by atoms with Gasteiger partial charge in [-0.1, -0.05) is 27.2 Å². The Balaban J connectivity index is 2.04. The van der Waals surface area contributed by atoms with Crippen molar-refractivity contribution in [2.75, 3.05) is 19.6 Å². The predicted octanol–water partition coefficient (Wildman–Crippen LogP) is 2.12. The Kier molecular flexibility index (Phi) is 5.27. The van der Waals surface area contributed by atoms with Crippen LogP contribution in [0.2, 0.25) is 0 Å². The molecule has 2 rings (SSSR count). The van der Waals surface area contributed by atoms with Gasteiger partial charge in [0.25, 0.3) is 0 Å². The summed E-state index contributed by atoms with van der Waals surface area (Å²) in [6.45, 7) is 10.7. The molecule has 0 amide bonds. The predicted molar refractivity (Wildman–Crippen MR) is 82.2 cm³/mol. The average Bonchev–Trinajstić information content (AvgIpc) is 2.37. The minimum Gasteiger partial charge on any atom is -0.326 e. The van der Waals surface area contributed by atoms with Gasteiger partial charge in [0.1, 0.15) is 0 Å². The molecule has 2 heterocycles. The van der Waals surface area contributed by atoms with E-state index in [1.54, 1.807) is 0 Å². The SMILES string of the molecule is C[C@@H]1CCC[C@H](N)C2CC(CCN2)C(C)(C)CNC1. The highest BCUT2D eigenvalue weighted by molar-refractivity contribution is 4.92. The van der Waals surface area contributed by atoms with Crippen molar-refractivity contribution in [2.24, 2.45) is 23.0 Å². The Bertz CT molecular complexity index is 277. The monoisotopic (exact) mass is 267 g/mol. The summed E-state index contributed by atoms with van der Waals surface area (Å²) in [5.74, 6) is 1.57. The number of hydrogen-bond donors (Lipinski definition) is 3. The standard InChI is InChI=1S/C16H33N3/c1-12-5-4-6-14(17)15-9-13(7-8-19-15)16(2,3)11-18-10-12/h12-15,18-19H,4-11,17H2,1-3H3/t12-,13?,14+,15?/m1/s1. The molecule has 2 aliphatic rings. The van der Waals surface area contributed by atoms with Crippen LogP contribution in [0.5, 0.6) is 0 Å². The van der Waals surface area contributed by atoms with Gasteiger partial charge in [0.15, 0.2) is 0 Å². The topological polar surface area (TPSA) is 50.1 Å². The third-order valence-electron chi connectivity index (χ3n) is 5.37. The average molecular weight is 267 g/mol. The molecule has 4 atom stereocenters. The molecule has 3 nitrogen and oxygen atoms in total. The summed E-state index contributed by atoms with van der Waals surface area (Å²) in [6, 6.07) is 0.881. The lowest BCUT2D eigenvalue weighted by Gasteiger charge is -2.43. The lowest BCUT2D eigenvalue weighted by Crippen LogP contribution is -2.53. The van der Waals surface area contributed by atoms with Gasteiger partial charge in [-0.05, 0) is 56.0 Å². The maximum atomic E-state index is 6.42. The van der Waals surface area contributed by atoms with Gasteiger partial charge >= 0.3 is 0 Å². The maximum absolute atomic E-state index is 6.42. The highest BCUT2D eigenvalue weighted by atomic mass is 15.0. The number of fused-ring (bicyclic) bond motifs is 2. The van der Waals surface area contributed by atoms with E-state index >= 15 is 0 Å². The van der Waals surface area contributed by atoms with Crippen LogP contribution < -0.4 is 16.4 Å². The van der Waals surface area contributed by atoms with Gasteiger partial charge in [-0.25, -0.2) is 0 Å². The molecule has 3 heteroatoms. The summed E-state index contributed by atoms with van der Waals surface area (Å²) in [7, 11) is 0. The highest BCUT2D eigenvalue weighted by Gasteiger charge is 2.35. The summed E-state index contributed by atoms with van der Waals surface area (Å²) in [6.07, 6.45) is 6.31. The van der Waals surface area contributed by atoms with Gasteiger partial charge in [-0.15, -0.1) is 0 Å². The van der Waals surface area contributed by atoms with E-state index in [-0.39, 0.29) is 0 Å². The summed E-state index contributed by atoms with van der Waals surface area (Å²) >= 11 is 0. The maximum Gasteiger partial charge on any atom is 0.0221 e. The van der Waals surface area contributed by atoms with Crippen molar-refractivity contribution < 1.29 is 0 Å². The largest absolute Gasteiger partial charge is 0.326 e. The Morgan fingerprint density at radius 3 is 2.74 bits per heavy atom. The first-order chi connectivity index (χ1) is 8.99. The molecular formula is C16H33N3. The van der Waals surface area contributed by atoms with Gasteiger partial charge in [0, 0.05) is 18.6 Å². The molecule has 0 aromatic carbocycles. The first-order valence-electron chi connectivity index (χ1n) is 8.19.